The summed E-state index contributed by atoms with van der Waals surface area (Å²) in [6.45, 7) is 0. The van der Waals surface area contributed by atoms with E-state index in [2.05, 4.69) is 4.74 Å². The van der Waals surface area contributed by atoms with Gasteiger partial charge in [-0.2, -0.15) is 18.7 Å². The van der Waals surface area contributed by atoms with Crippen molar-refractivity contribution in [2.75, 3.05) is 14.2 Å². The molecular formula is C18H20F6NO4+. The van der Waals surface area contributed by atoms with Crippen molar-refractivity contribution < 1.29 is 50.9 Å². The number of benzene rings is 1. The van der Waals surface area contributed by atoms with E-state index in [1.165, 1.54) is 32.0 Å². The van der Waals surface area contributed by atoms with E-state index < -0.39 is 24.7 Å². The smallest absolute Gasteiger partial charge is 0.493 e. The molecule has 0 heterocycles. The minimum absolute atomic E-state index is 0.00353. The molecule has 29 heavy (non-hydrogen) atoms. The molecule has 0 aliphatic heterocycles. The van der Waals surface area contributed by atoms with Crippen LogP contribution >= 0.6 is 0 Å². The van der Waals surface area contributed by atoms with Gasteiger partial charge in [-0.1, -0.05) is 5.57 Å². The van der Waals surface area contributed by atoms with Gasteiger partial charge in [0.2, 0.25) is 0 Å². The first-order valence-electron chi connectivity index (χ1n) is 8.46. The Morgan fingerprint density at radius 3 is 2.31 bits per heavy atom. The van der Waals surface area contributed by atoms with Crippen molar-refractivity contribution in [3.63, 3.8) is 0 Å². The standard InChI is InChI=1S/C18H19F6NO4/c1-26-16-8-13(29-18(22,23)24)5-6-15(16)28-14(10-25-27-2)7-12(11-3-4-11)9-17(19,20)21/h5-8,10-11,25H,3-4,9H2,1-2H3/p+1/b12-7+,14-10+. The van der Waals surface area contributed by atoms with Crippen LogP contribution in [0.15, 0.2) is 41.8 Å². The summed E-state index contributed by atoms with van der Waals surface area (Å²) < 4.78 is 90.1. The van der Waals surface area contributed by atoms with Gasteiger partial charge in [0.15, 0.2) is 23.5 Å². The third-order valence-electron chi connectivity index (χ3n) is 3.80. The van der Waals surface area contributed by atoms with E-state index in [4.69, 9.17) is 14.3 Å². The Bertz CT molecular complexity index is 754. The summed E-state index contributed by atoms with van der Waals surface area (Å²) in [4.78, 5) is 4.79. The second kappa shape index (κ2) is 9.40. The first-order chi connectivity index (χ1) is 13.5. The van der Waals surface area contributed by atoms with Gasteiger partial charge in [-0.25, -0.2) is 4.84 Å². The van der Waals surface area contributed by atoms with Crippen molar-refractivity contribution in [3.8, 4) is 17.2 Å². The molecule has 2 rings (SSSR count). The van der Waals surface area contributed by atoms with Crippen LogP contribution in [0.1, 0.15) is 19.3 Å². The van der Waals surface area contributed by atoms with E-state index in [1.807, 2.05) is 0 Å². The largest absolute Gasteiger partial charge is 0.573 e. The van der Waals surface area contributed by atoms with Crippen LogP contribution in [0.25, 0.3) is 0 Å². The molecule has 0 atom stereocenters. The van der Waals surface area contributed by atoms with Gasteiger partial charge < -0.3 is 14.2 Å². The van der Waals surface area contributed by atoms with E-state index in [-0.39, 0.29) is 28.7 Å². The summed E-state index contributed by atoms with van der Waals surface area (Å²) in [5, 5.41) is 0. The fourth-order valence-electron chi connectivity index (χ4n) is 2.48. The molecule has 1 aliphatic rings. The lowest BCUT2D eigenvalue weighted by molar-refractivity contribution is -0.843. The third-order valence-corrected chi connectivity index (χ3v) is 3.80. The number of alkyl halides is 6. The van der Waals surface area contributed by atoms with Crippen LogP contribution in [-0.4, -0.2) is 26.8 Å². The molecule has 0 aromatic heterocycles. The summed E-state index contributed by atoms with van der Waals surface area (Å²) in [5.74, 6) is -0.790. The van der Waals surface area contributed by atoms with Crippen molar-refractivity contribution in [2.24, 2.45) is 5.92 Å². The van der Waals surface area contributed by atoms with Crippen LogP contribution in [0.2, 0.25) is 0 Å². The second-order valence-corrected chi connectivity index (χ2v) is 6.19. The number of halogens is 6. The van der Waals surface area contributed by atoms with Crippen LogP contribution in [0.4, 0.5) is 26.3 Å². The molecule has 0 radical (unpaired) electrons. The molecule has 11 heteroatoms. The van der Waals surface area contributed by atoms with Crippen LogP contribution in [0.5, 0.6) is 17.2 Å². The molecular weight excluding hydrogens is 408 g/mol. The average molecular weight is 428 g/mol. The van der Waals surface area contributed by atoms with Gasteiger partial charge in [0.05, 0.1) is 20.6 Å². The molecule has 1 fully saturated rings. The zero-order valence-corrected chi connectivity index (χ0v) is 15.6. The Kier molecular flexibility index (Phi) is 7.42. The van der Waals surface area contributed by atoms with Crippen molar-refractivity contribution in [2.45, 2.75) is 31.8 Å². The number of nitrogens with two attached hydrogens (primary N) is 1. The van der Waals surface area contributed by atoms with Gasteiger partial charge in [0.25, 0.3) is 0 Å². The van der Waals surface area contributed by atoms with Crippen molar-refractivity contribution in [1.82, 2.24) is 0 Å². The number of quaternary nitrogens is 1. The first kappa shape index (κ1) is 22.9. The highest BCUT2D eigenvalue weighted by Crippen LogP contribution is 2.42. The highest BCUT2D eigenvalue weighted by molar-refractivity contribution is 5.47. The summed E-state index contributed by atoms with van der Waals surface area (Å²) in [6, 6.07) is 3.13. The zero-order valence-electron chi connectivity index (χ0n) is 15.6. The lowest BCUT2D eigenvalue weighted by Crippen LogP contribution is -2.76. The quantitative estimate of drug-likeness (QED) is 0.277. The Morgan fingerprint density at radius 1 is 1.10 bits per heavy atom. The summed E-state index contributed by atoms with van der Waals surface area (Å²) >= 11 is 0. The maximum Gasteiger partial charge on any atom is 0.573 e. The van der Waals surface area contributed by atoms with E-state index in [1.54, 1.807) is 0 Å². The predicted octanol–water partition coefficient (Wildman–Crippen LogP) is 4.23. The topological polar surface area (TPSA) is 53.5 Å². The minimum Gasteiger partial charge on any atom is -0.493 e. The molecule has 5 nitrogen and oxygen atoms in total. The van der Waals surface area contributed by atoms with Crippen molar-refractivity contribution in [1.29, 1.82) is 0 Å². The molecule has 0 unspecified atom stereocenters. The first-order valence-corrected chi connectivity index (χ1v) is 8.46. The average Bonchev–Trinajstić information content (AvgIpc) is 3.42. The molecule has 0 spiro atoms. The van der Waals surface area contributed by atoms with Crippen molar-refractivity contribution in [3.05, 3.63) is 41.8 Å². The summed E-state index contributed by atoms with van der Waals surface area (Å²) in [5.41, 5.74) is 1.36. The number of methoxy groups -OCH3 is 1. The monoisotopic (exact) mass is 428 g/mol. The van der Waals surface area contributed by atoms with E-state index in [0.717, 1.165) is 18.2 Å². The predicted molar refractivity (Wildman–Crippen MR) is 88.8 cm³/mol. The maximum absolute atomic E-state index is 12.9. The minimum atomic E-state index is -4.88. The summed E-state index contributed by atoms with van der Waals surface area (Å²) in [6.07, 6.45) is -6.48. The molecule has 0 amide bonds. The van der Waals surface area contributed by atoms with E-state index >= 15 is 0 Å². The van der Waals surface area contributed by atoms with E-state index in [9.17, 15) is 26.3 Å². The molecule has 0 saturated heterocycles. The Morgan fingerprint density at radius 2 is 1.79 bits per heavy atom. The van der Waals surface area contributed by atoms with Gasteiger partial charge in [-0.3, -0.25) is 0 Å². The highest BCUT2D eigenvalue weighted by atomic mass is 19.4. The molecule has 2 N–H and O–H groups in total. The SMILES string of the molecule is CO[NH2+]/C=C(\C=C(/CC(F)(F)F)C1CC1)Oc1ccc(OC(F)(F)F)cc1OC. The molecule has 1 saturated carbocycles. The fourth-order valence-corrected chi connectivity index (χ4v) is 2.48. The molecule has 162 valence electrons. The Hall–Kier alpha value is -2.40. The van der Waals surface area contributed by atoms with Crippen molar-refractivity contribution >= 4 is 0 Å². The number of ether oxygens (including phenoxy) is 3. The fraction of sp³-hybridized carbons (Fsp3) is 0.444. The number of hydrogen-bond acceptors (Lipinski definition) is 4. The zero-order chi connectivity index (χ0) is 21.7. The Balaban J connectivity index is 2.29. The van der Waals surface area contributed by atoms with Crippen LogP contribution in [0.3, 0.4) is 0 Å². The molecule has 1 aliphatic carbocycles. The van der Waals surface area contributed by atoms with E-state index in [0.29, 0.717) is 12.8 Å². The van der Waals surface area contributed by atoms with Crippen LogP contribution in [0, 0.1) is 5.92 Å². The van der Waals surface area contributed by atoms with Gasteiger partial charge in [-0.15, -0.1) is 13.2 Å². The van der Waals surface area contributed by atoms with Crippen LogP contribution in [-0.2, 0) is 4.84 Å². The van der Waals surface area contributed by atoms with Gasteiger partial charge in [0.1, 0.15) is 5.75 Å². The lowest BCUT2D eigenvalue weighted by atomic mass is 10.1. The third kappa shape index (κ3) is 8.24. The highest BCUT2D eigenvalue weighted by Gasteiger charge is 2.36. The maximum atomic E-state index is 12.9. The lowest BCUT2D eigenvalue weighted by Gasteiger charge is -2.15. The second-order valence-electron chi connectivity index (χ2n) is 6.19. The van der Waals surface area contributed by atoms with Gasteiger partial charge >= 0.3 is 12.5 Å². The van der Waals surface area contributed by atoms with Gasteiger partial charge in [0, 0.05) is 6.07 Å². The number of hydroxylamine groups is 1. The molecule has 0 bridgehead atoms. The van der Waals surface area contributed by atoms with Gasteiger partial charge in [-0.05, 0) is 37.0 Å². The summed E-state index contributed by atoms with van der Waals surface area (Å²) in [7, 11) is 2.55. The normalized spacial score (nSPS) is 16.0. The molecule has 1 aromatic rings. The molecule has 1 aromatic carbocycles. The number of hydrogen-bond donors (Lipinski definition) is 1. The van der Waals surface area contributed by atoms with Crippen LogP contribution < -0.4 is 19.7 Å². The number of rotatable bonds is 9. The number of allylic oxidation sites excluding steroid dienone is 2. The Labute approximate surface area is 162 Å².